The number of carboxylic acid groups (broad SMARTS) is 1. The van der Waals surface area contributed by atoms with Crippen LogP contribution in [-0.2, 0) is 19.1 Å². The molecule has 0 aromatic rings. The number of carboxylic acids is 1. The van der Waals surface area contributed by atoms with Gasteiger partial charge in [-0.1, -0.05) is 108 Å². The van der Waals surface area contributed by atoms with E-state index in [1.807, 2.05) is 6.08 Å². The second kappa shape index (κ2) is 31.3. The van der Waals surface area contributed by atoms with E-state index in [0.717, 1.165) is 83.5 Å². The Morgan fingerprint density at radius 1 is 0.643 bits per heavy atom. The molecular weight excluding hydrogens is 526 g/mol. The van der Waals surface area contributed by atoms with Gasteiger partial charge in [-0.25, -0.2) is 0 Å². The number of nitrogens with one attached hydrogen (secondary N) is 1. The topological polar surface area (TPSA) is 92.7 Å². The Hall–Kier alpha value is -2.63. The van der Waals surface area contributed by atoms with Gasteiger partial charge < -0.3 is 15.2 Å². The zero-order chi connectivity index (χ0) is 30.9. The van der Waals surface area contributed by atoms with Gasteiger partial charge in [0.05, 0.1) is 0 Å². The number of carbonyl (C=O) groups excluding carboxylic acids is 2. The van der Waals surface area contributed by atoms with Crippen LogP contribution in [0, 0.1) is 0 Å². The fourth-order valence-corrected chi connectivity index (χ4v) is 4.44. The van der Waals surface area contributed by atoms with Crippen LogP contribution in [0.15, 0.2) is 48.6 Å². The summed E-state index contributed by atoms with van der Waals surface area (Å²) in [7, 11) is 0. The first-order valence-electron chi connectivity index (χ1n) is 16.8. The van der Waals surface area contributed by atoms with Crippen molar-refractivity contribution in [3.8, 4) is 0 Å². The van der Waals surface area contributed by atoms with E-state index in [-0.39, 0.29) is 24.5 Å². The predicted octanol–water partition coefficient (Wildman–Crippen LogP) is 9.56. The van der Waals surface area contributed by atoms with Crippen molar-refractivity contribution in [2.75, 3.05) is 6.54 Å². The number of hydrogen-bond donors (Lipinski definition) is 2. The molecule has 1 unspecified atom stereocenters. The van der Waals surface area contributed by atoms with Gasteiger partial charge in [0.2, 0.25) is 5.91 Å². The summed E-state index contributed by atoms with van der Waals surface area (Å²) in [5.74, 6) is -1.37. The molecule has 0 heterocycles. The van der Waals surface area contributed by atoms with Crippen molar-refractivity contribution in [2.24, 2.45) is 0 Å². The Labute approximate surface area is 257 Å². The fraction of sp³-hybridized carbons (Fsp3) is 0.694. The summed E-state index contributed by atoms with van der Waals surface area (Å²) in [4.78, 5) is 34.7. The van der Waals surface area contributed by atoms with Crippen LogP contribution in [0.3, 0.4) is 0 Å². The second-order valence-corrected chi connectivity index (χ2v) is 11.1. The molecule has 0 rings (SSSR count). The highest BCUT2D eigenvalue weighted by Crippen LogP contribution is 2.14. The number of allylic oxidation sites excluding steroid dienone is 7. The molecule has 1 atom stereocenters. The highest BCUT2D eigenvalue weighted by molar-refractivity contribution is 5.80. The van der Waals surface area contributed by atoms with E-state index < -0.39 is 5.97 Å². The Morgan fingerprint density at radius 2 is 1.21 bits per heavy atom. The number of ether oxygens (including phenoxy) is 1. The van der Waals surface area contributed by atoms with Crippen molar-refractivity contribution < 1.29 is 24.2 Å². The Balaban J connectivity index is 4.27. The molecule has 2 N–H and O–H groups in total. The highest BCUT2D eigenvalue weighted by Gasteiger charge is 2.11. The summed E-state index contributed by atoms with van der Waals surface area (Å²) in [5, 5.41) is 11.0. The highest BCUT2D eigenvalue weighted by atomic mass is 16.5. The van der Waals surface area contributed by atoms with E-state index in [9.17, 15) is 14.4 Å². The molecule has 0 saturated heterocycles. The summed E-state index contributed by atoms with van der Waals surface area (Å²) in [5.41, 5.74) is 0. The molecule has 0 aliphatic heterocycles. The molecule has 0 fully saturated rings. The molecule has 0 aromatic carbocycles. The van der Waals surface area contributed by atoms with E-state index in [0.29, 0.717) is 12.8 Å². The van der Waals surface area contributed by atoms with Crippen molar-refractivity contribution in [2.45, 2.75) is 155 Å². The maximum absolute atomic E-state index is 12.5. The molecule has 1 amide bonds. The molecule has 0 saturated carbocycles. The molecule has 0 aliphatic carbocycles. The molecular formula is C36H61NO5. The number of carbonyl (C=O) groups is 3. The number of hydrogen-bond acceptors (Lipinski definition) is 4. The SMILES string of the molecule is CCC/C=C\C/C=C\CCCCCCCC(=O)OC(/C=C\C/C=C\CCCCC)CCCCCCC(=O)NCC(=O)O. The first kappa shape index (κ1) is 39.4. The zero-order valence-corrected chi connectivity index (χ0v) is 26.8. The van der Waals surface area contributed by atoms with E-state index in [1.54, 1.807) is 0 Å². The summed E-state index contributed by atoms with van der Waals surface area (Å²) in [6, 6.07) is 0. The van der Waals surface area contributed by atoms with E-state index in [2.05, 4.69) is 61.7 Å². The standard InChI is InChI=1S/C36H61NO5/c1-3-5-7-9-11-13-14-15-16-17-19-21-27-31-36(41)42-33(28-24-20-18-12-10-8-6-4-2)29-25-22-23-26-30-34(38)37-32-35(39)40/h7,9,12-14,18,24,28,33H,3-6,8,10-11,15-17,19-23,25-27,29-32H2,1-2H3,(H,37,38)(H,39,40)/b9-7-,14-13-,18-12-,28-24-. The monoisotopic (exact) mass is 587 g/mol. The third-order valence-electron chi connectivity index (χ3n) is 6.94. The van der Waals surface area contributed by atoms with Crippen LogP contribution in [0.5, 0.6) is 0 Å². The Bertz CT molecular complexity index is 784. The molecule has 42 heavy (non-hydrogen) atoms. The van der Waals surface area contributed by atoms with Crippen molar-refractivity contribution in [1.82, 2.24) is 5.32 Å². The normalized spacial score (nSPS) is 12.6. The summed E-state index contributed by atoms with van der Waals surface area (Å²) in [6.45, 7) is 4.07. The van der Waals surface area contributed by atoms with Crippen LogP contribution in [-0.4, -0.2) is 35.6 Å². The first-order valence-corrected chi connectivity index (χ1v) is 16.8. The minimum Gasteiger partial charge on any atom is -0.480 e. The molecule has 0 bridgehead atoms. The van der Waals surface area contributed by atoms with Gasteiger partial charge in [-0.3, -0.25) is 14.4 Å². The summed E-state index contributed by atoms with van der Waals surface area (Å²) < 4.78 is 5.83. The van der Waals surface area contributed by atoms with Gasteiger partial charge in [0, 0.05) is 12.8 Å². The molecule has 0 aromatic heterocycles. The summed E-state index contributed by atoms with van der Waals surface area (Å²) >= 11 is 0. The number of esters is 1. The number of unbranched alkanes of at least 4 members (excludes halogenated alkanes) is 12. The van der Waals surface area contributed by atoms with Crippen LogP contribution in [0.25, 0.3) is 0 Å². The van der Waals surface area contributed by atoms with Crippen LogP contribution >= 0.6 is 0 Å². The number of aliphatic carboxylic acids is 1. The van der Waals surface area contributed by atoms with Gasteiger partial charge in [0.15, 0.2) is 0 Å². The van der Waals surface area contributed by atoms with Crippen LogP contribution in [0.4, 0.5) is 0 Å². The Kier molecular flexibility index (Phi) is 29.3. The smallest absolute Gasteiger partial charge is 0.322 e. The van der Waals surface area contributed by atoms with Crippen LogP contribution < -0.4 is 5.32 Å². The van der Waals surface area contributed by atoms with E-state index >= 15 is 0 Å². The second-order valence-electron chi connectivity index (χ2n) is 11.1. The molecule has 0 spiro atoms. The van der Waals surface area contributed by atoms with Crippen molar-refractivity contribution in [3.63, 3.8) is 0 Å². The van der Waals surface area contributed by atoms with E-state index in [1.165, 1.54) is 38.5 Å². The van der Waals surface area contributed by atoms with E-state index in [4.69, 9.17) is 9.84 Å². The van der Waals surface area contributed by atoms with Gasteiger partial charge in [0.1, 0.15) is 12.6 Å². The van der Waals surface area contributed by atoms with Crippen molar-refractivity contribution in [3.05, 3.63) is 48.6 Å². The molecule has 6 nitrogen and oxygen atoms in total. The Morgan fingerprint density at radius 3 is 1.88 bits per heavy atom. The molecule has 0 aliphatic rings. The van der Waals surface area contributed by atoms with Gasteiger partial charge in [-0.15, -0.1) is 0 Å². The minimum absolute atomic E-state index is 0.117. The average molecular weight is 588 g/mol. The van der Waals surface area contributed by atoms with Crippen molar-refractivity contribution in [1.29, 1.82) is 0 Å². The lowest BCUT2D eigenvalue weighted by Crippen LogP contribution is -2.28. The molecule has 6 heteroatoms. The predicted molar refractivity (Wildman–Crippen MR) is 175 cm³/mol. The van der Waals surface area contributed by atoms with Crippen LogP contribution in [0.2, 0.25) is 0 Å². The maximum atomic E-state index is 12.5. The maximum Gasteiger partial charge on any atom is 0.322 e. The third-order valence-corrected chi connectivity index (χ3v) is 6.94. The molecule has 240 valence electrons. The fourth-order valence-electron chi connectivity index (χ4n) is 4.44. The minimum atomic E-state index is -1.03. The zero-order valence-electron chi connectivity index (χ0n) is 26.8. The van der Waals surface area contributed by atoms with Crippen LogP contribution in [0.1, 0.15) is 149 Å². The average Bonchev–Trinajstić information content (AvgIpc) is 2.97. The molecule has 0 radical (unpaired) electrons. The lowest BCUT2D eigenvalue weighted by atomic mass is 10.1. The third kappa shape index (κ3) is 30.3. The number of amides is 1. The van der Waals surface area contributed by atoms with Gasteiger partial charge in [-0.05, 0) is 76.7 Å². The lowest BCUT2D eigenvalue weighted by molar-refractivity contribution is -0.147. The first-order chi connectivity index (χ1) is 20.5. The van der Waals surface area contributed by atoms with Gasteiger partial charge in [0.25, 0.3) is 0 Å². The number of rotatable bonds is 29. The quantitative estimate of drug-likeness (QED) is 0.0516. The van der Waals surface area contributed by atoms with Gasteiger partial charge >= 0.3 is 11.9 Å². The van der Waals surface area contributed by atoms with Crippen molar-refractivity contribution >= 4 is 17.8 Å². The van der Waals surface area contributed by atoms with Gasteiger partial charge in [-0.2, -0.15) is 0 Å². The summed E-state index contributed by atoms with van der Waals surface area (Å²) in [6.07, 6.45) is 38.1. The lowest BCUT2D eigenvalue weighted by Gasteiger charge is -2.14. The largest absolute Gasteiger partial charge is 0.480 e.